The first-order chi connectivity index (χ1) is 13.8. The van der Waals surface area contributed by atoms with E-state index in [0.717, 1.165) is 0 Å². The summed E-state index contributed by atoms with van der Waals surface area (Å²) in [4.78, 5) is 25.6. The van der Waals surface area contributed by atoms with Crippen molar-refractivity contribution in [3.05, 3.63) is 54.1 Å². The van der Waals surface area contributed by atoms with Crippen molar-refractivity contribution >= 4 is 39.1 Å². The summed E-state index contributed by atoms with van der Waals surface area (Å²) in [6.45, 7) is 3.79. The summed E-state index contributed by atoms with van der Waals surface area (Å²) in [5, 5.41) is 2.74. The van der Waals surface area contributed by atoms with Crippen LogP contribution in [-0.4, -0.2) is 39.8 Å². The van der Waals surface area contributed by atoms with E-state index in [1.54, 1.807) is 63.4 Å². The van der Waals surface area contributed by atoms with Crippen molar-refractivity contribution in [1.82, 2.24) is 0 Å². The van der Waals surface area contributed by atoms with Gasteiger partial charge in [0.2, 0.25) is 10.0 Å². The molecule has 0 radical (unpaired) electrons. The van der Waals surface area contributed by atoms with E-state index in [-0.39, 0.29) is 18.3 Å². The van der Waals surface area contributed by atoms with Crippen LogP contribution in [0.15, 0.2) is 48.5 Å². The van der Waals surface area contributed by atoms with E-state index in [2.05, 4.69) is 10.0 Å². The highest BCUT2D eigenvalue weighted by atomic mass is 32.2. The lowest BCUT2D eigenvalue weighted by Gasteiger charge is -2.17. The van der Waals surface area contributed by atoms with E-state index < -0.39 is 16.1 Å². The Balaban J connectivity index is 2.07. The van der Waals surface area contributed by atoms with Crippen LogP contribution in [-0.2, 0) is 14.8 Å². The molecule has 2 amide bonds. The normalized spacial score (nSPS) is 10.9. The summed E-state index contributed by atoms with van der Waals surface area (Å²) >= 11 is 0. The van der Waals surface area contributed by atoms with E-state index in [0.29, 0.717) is 29.0 Å². The number of amides is 2. The van der Waals surface area contributed by atoms with E-state index >= 15 is 0 Å². The predicted octanol–water partition coefficient (Wildman–Crippen LogP) is 3.68. The maximum atomic E-state index is 12.5. The van der Waals surface area contributed by atoms with Gasteiger partial charge in [0.15, 0.2) is 0 Å². The third kappa shape index (κ3) is 6.49. The second-order valence-corrected chi connectivity index (χ2v) is 8.10. The third-order valence-electron chi connectivity index (χ3n) is 3.93. The van der Waals surface area contributed by atoms with Crippen molar-refractivity contribution in [2.24, 2.45) is 0 Å². The maximum Gasteiger partial charge on any atom is 0.413 e. The molecule has 0 spiro atoms. The highest BCUT2D eigenvalue weighted by Gasteiger charge is 2.13. The van der Waals surface area contributed by atoms with Gasteiger partial charge >= 0.3 is 6.09 Å². The van der Waals surface area contributed by atoms with Gasteiger partial charge < -0.3 is 10.1 Å². The number of hydrogen-bond donors (Lipinski definition) is 2. The minimum absolute atomic E-state index is 0.00994. The average Bonchev–Trinajstić information content (AvgIpc) is 2.68. The fourth-order valence-electron chi connectivity index (χ4n) is 2.52. The lowest BCUT2D eigenvalue weighted by atomic mass is 10.2. The zero-order valence-corrected chi connectivity index (χ0v) is 17.5. The molecule has 0 aliphatic carbocycles. The second kappa shape index (κ2) is 9.92. The summed E-state index contributed by atoms with van der Waals surface area (Å²) < 4.78 is 31.2. The van der Waals surface area contributed by atoms with Crippen LogP contribution in [0.4, 0.5) is 21.9 Å². The number of carbonyl (C=O) groups excluding carboxylic acids is 2. The highest BCUT2D eigenvalue weighted by Crippen LogP contribution is 2.19. The van der Waals surface area contributed by atoms with Crippen molar-refractivity contribution in [2.45, 2.75) is 20.3 Å². The molecule has 8 nitrogen and oxygen atoms in total. The molecule has 2 rings (SSSR count). The minimum Gasteiger partial charge on any atom is -0.449 e. The molecule has 0 bridgehead atoms. The molecule has 0 fully saturated rings. The molecule has 0 heterocycles. The molecule has 0 saturated heterocycles. The first-order valence-electron chi connectivity index (χ1n) is 9.18. The van der Waals surface area contributed by atoms with Gasteiger partial charge in [0, 0.05) is 29.7 Å². The van der Waals surface area contributed by atoms with Crippen molar-refractivity contribution in [3.8, 4) is 0 Å². The van der Waals surface area contributed by atoms with Gasteiger partial charge in [-0.25, -0.2) is 13.2 Å². The van der Waals surface area contributed by atoms with E-state index in [1.165, 1.54) is 11.0 Å². The molecule has 9 heteroatoms. The van der Waals surface area contributed by atoms with Gasteiger partial charge in [-0.05, 0) is 55.8 Å². The van der Waals surface area contributed by atoms with Crippen LogP contribution in [0.25, 0.3) is 0 Å². The first-order valence-corrected chi connectivity index (χ1v) is 10.8. The Labute approximate surface area is 170 Å². The number of nitrogens with one attached hydrogen (secondary N) is 2. The topological polar surface area (TPSA) is 105 Å². The Morgan fingerprint density at radius 1 is 1.03 bits per heavy atom. The lowest BCUT2D eigenvalue weighted by Crippen LogP contribution is -2.26. The van der Waals surface area contributed by atoms with Gasteiger partial charge in [-0.15, -0.1) is 0 Å². The molecule has 0 aromatic heterocycles. The number of ether oxygens (including phenoxy) is 1. The number of carbonyl (C=O) groups is 2. The summed E-state index contributed by atoms with van der Waals surface area (Å²) in [6, 6.07) is 13.0. The Morgan fingerprint density at radius 2 is 1.72 bits per heavy atom. The molecule has 0 atom stereocenters. The van der Waals surface area contributed by atoms with E-state index in [9.17, 15) is 18.0 Å². The molecule has 0 saturated carbocycles. The number of hydrogen-bond acceptors (Lipinski definition) is 5. The number of nitrogens with zero attached hydrogens (tertiary/aromatic N) is 1. The fourth-order valence-corrected chi connectivity index (χ4v) is 3.65. The van der Waals surface area contributed by atoms with Crippen LogP contribution in [0.5, 0.6) is 0 Å². The highest BCUT2D eigenvalue weighted by molar-refractivity contribution is 7.92. The van der Waals surface area contributed by atoms with Gasteiger partial charge in [-0.2, -0.15) is 0 Å². The molecule has 2 aromatic rings. The summed E-state index contributed by atoms with van der Waals surface area (Å²) in [5.41, 5.74) is 1.80. The summed E-state index contributed by atoms with van der Waals surface area (Å²) in [7, 11) is -1.84. The number of sulfonamides is 1. The lowest BCUT2D eigenvalue weighted by molar-refractivity contribution is 0.102. The van der Waals surface area contributed by atoms with Gasteiger partial charge in [-0.3, -0.25) is 14.4 Å². The Hall–Kier alpha value is -3.07. The van der Waals surface area contributed by atoms with Crippen LogP contribution >= 0.6 is 0 Å². The van der Waals surface area contributed by atoms with E-state index in [1.807, 2.05) is 0 Å². The zero-order valence-electron chi connectivity index (χ0n) is 16.6. The molecular formula is C20H25N3O5S. The van der Waals surface area contributed by atoms with Crippen LogP contribution in [0, 0.1) is 0 Å². The molecule has 2 N–H and O–H groups in total. The maximum absolute atomic E-state index is 12.5. The van der Waals surface area contributed by atoms with E-state index in [4.69, 9.17) is 4.74 Å². The summed E-state index contributed by atoms with van der Waals surface area (Å²) in [6.07, 6.45) is 0.0308. The number of anilines is 3. The van der Waals surface area contributed by atoms with Crippen molar-refractivity contribution in [1.29, 1.82) is 0 Å². The summed E-state index contributed by atoms with van der Waals surface area (Å²) in [5.74, 6) is -0.372. The standard InChI is InChI=1S/C20H25N3O5S/c1-4-13-29(26,27)22-17-8-6-7-15(14-17)19(24)21-16-9-11-18(12-10-16)23(3)20(25)28-5-2/h6-12,14,22H,4-5,13H2,1-3H3,(H,21,24). The van der Waals surface area contributed by atoms with Gasteiger partial charge in [0.1, 0.15) is 0 Å². The Bertz CT molecular complexity index is 958. The Kier molecular flexibility index (Phi) is 7.60. The fraction of sp³-hybridized carbons (Fsp3) is 0.300. The van der Waals surface area contributed by atoms with Gasteiger partial charge in [0.05, 0.1) is 12.4 Å². The average molecular weight is 420 g/mol. The van der Waals surface area contributed by atoms with Crippen molar-refractivity contribution < 1.29 is 22.7 Å². The zero-order chi connectivity index (χ0) is 21.4. The molecular weight excluding hydrogens is 394 g/mol. The number of rotatable bonds is 8. The predicted molar refractivity (Wildman–Crippen MR) is 114 cm³/mol. The van der Waals surface area contributed by atoms with Crippen LogP contribution in [0.3, 0.4) is 0 Å². The largest absolute Gasteiger partial charge is 0.449 e. The van der Waals surface area contributed by atoms with Crippen LogP contribution in [0.2, 0.25) is 0 Å². The monoisotopic (exact) mass is 419 g/mol. The molecule has 2 aromatic carbocycles. The third-order valence-corrected chi connectivity index (χ3v) is 5.42. The molecule has 0 aliphatic rings. The number of benzene rings is 2. The minimum atomic E-state index is -3.43. The SMILES string of the molecule is CCCS(=O)(=O)Nc1cccc(C(=O)Nc2ccc(N(C)C(=O)OCC)cc2)c1. The molecule has 0 unspecified atom stereocenters. The molecule has 156 valence electrons. The van der Waals surface area contributed by atoms with Crippen LogP contribution < -0.4 is 14.9 Å². The van der Waals surface area contributed by atoms with Gasteiger partial charge in [-0.1, -0.05) is 13.0 Å². The molecule has 29 heavy (non-hydrogen) atoms. The smallest absolute Gasteiger partial charge is 0.413 e. The van der Waals surface area contributed by atoms with Crippen LogP contribution in [0.1, 0.15) is 30.6 Å². The first kappa shape index (κ1) is 22.2. The van der Waals surface area contributed by atoms with Gasteiger partial charge in [0.25, 0.3) is 5.91 Å². The van der Waals surface area contributed by atoms with Crippen molar-refractivity contribution in [3.63, 3.8) is 0 Å². The van der Waals surface area contributed by atoms with Crippen molar-refractivity contribution in [2.75, 3.05) is 34.3 Å². The second-order valence-electron chi connectivity index (χ2n) is 6.26. The Morgan fingerprint density at radius 3 is 2.34 bits per heavy atom. The quantitative estimate of drug-likeness (QED) is 0.679. The molecule has 0 aliphatic heterocycles.